The fraction of sp³-hybridized carbons (Fsp3) is 0.0556. The fourth-order valence-corrected chi connectivity index (χ4v) is 2.98. The summed E-state index contributed by atoms with van der Waals surface area (Å²) in [5, 5.41) is 16.1. The molecule has 116 valence electrons. The second kappa shape index (κ2) is 6.36. The van der Waals surface area contributed by atoms with E-state index in [0.29, 0.717) is 20.7 Å². The quantitative estimate of drug-likeness (QED) is 0.553. The van der Waals surface area contributed by atoms with Gasteiger partial charge in [-0.05, 0) is 53.6 Å². The number of fused-ring (bicyclic) bond motifs is 1. The van der Waals surface area contributed by atoms with Crippen molar-refractivity contribution in [2.24, 2.45) is 0 Å². The molecule has 3 rings (SSSR count). The van der Waals surface area contributed by atoms with Gasteiger partial charge in [0.15, 0.2) is 0 Å². The van der Waals surface area contributed by atoms with Crippen LogP contribution in [0.4, 0.5) is 5.69 Å². The first-order chi connectivity index (χ1) is 11.0. The van der Waals surface area contributed by atoms with Crippen LogP contribution in [-0.4, -0.2) is 10.1 Å². The van der Waals surface area contributed by atoms with Crippen LogP contribution >= 0.6 is 35.4 Å². The zero-order valence-corrected chi connectivity index (χ0v) is 14.6. The third kappa shape index (κ3) is 3.27. The van der Waals surface area contributed by atoms with Crippen LogP contribution < -0.4 is 5.32 Å². The first kappa shape index (κ1) is 16.1. The molecule has 0 unspecified atom stereocenters. The normalized spacial score (nSPS) is 10.7. The summed E-state index contributed by atoms with van der Waals surface area (Å²) in [6, 6.07) is 14.6. The Labute approximate surface area is 149 Å². The van der Waals surface area contributed by atoms with Crippen LogP contribution in [0, 0.1) is 6.92 Å². The molecule has 3 aromatic rings. The number of thiocarbonyl (C=S) groups is 1. The monoisotopic (exact) mass is 361 g/mol. The number of hydrogen-bond acceptors (Lipinski definition) is 2. The molecule has 0 heterocycles. The molecule has 0 aliphatic carbocycles. The standard InChI is InChI=1S/C18H13Cl2NOS/c1-10-14-5-2-12(8-11(14)3-7-17(10)22)18(23)21-16-9-13(19)4-6-15(16)20/h2-9,22H,1H3,(H,21,23). The molecular weight excluding hydrogens is 349 g/mol. The van der Waals surface area contributed by atoms with Crippen LogP contribution in [0.5, 0.6) is 5.75 Å². The first-order valence-corrected chi connectivity index (χ1v) is 8.11. The molecule has 2 N–H and O–H groups in total. The van der Waals surface area contributed by atoms with E-state index in [-0.39, 0.29) is 5.75 Å². The maximum absolute atomic E-state index is 9.78. The van der Waals surface area contributed by atoms with Crippen molar-refractivity contribution >= 4 is 56.9 Å². The van der Waals surface area contributed by atoms with Crippen molar-refractivity contribution in [1.29, 1.82) is 0 Å². The molecule has 0 radical (unpaired) electrons. The zero-order valence-electron chi connectivity index (χ0n) is 12.2. The Kier molecular flexibility index (Phi) is 4.44. The highest BCUT2D eigenvalue weighted by atomic mass is 35.5. The summed E-state index contributed by atoms with van der Waals surface area (Å²) in [5.74, 6) is 0.289. The average molecular weight is 362 g/mol. The largest absolute Gasteiger partial charge is 0.508 e. The second-order valence-electron chi connectivity index (χ2n) is 5.22. The predicted molar refractivity (Wildman–Crippen MR) is 102 cm³/mol. The van der Waals surface area contributed by atoms with Gasteiger partial charge in [-0.2, -0.15) is 0 Å². The van der Waals surface area contributed by atoms with Gasteiger partial charge in [0.2, 0.25) is 0 Å². The Bertz CT molecular complexity index is 924. The molecule has 0 saturated carbocycles. The van der Waals surface area contributed by atoms with Crippen molar-refractivity contribution in [3.05, 3.63) is 69.7 Å². The molecule has 0 atom stereocenters. The molecular formula is C18H13Cl2NOS. The minimum Gasteiger partial charge on any atom is -0.508 e. The summed E-state index contributed by atoms with van der Waals surface area (Å²) in [7, 11) is 0. The van der Waals surface area contributed by atoms with Crippen LogP contribution in [0.15, 0.2) is 48.5 Å². The van der Waals surface area contributed by atoms with Crippen LogP contribution in [0.3, 0.4) is 0 Å². The van der Waals surface area contributed by atoms with Crippen molar-refractivity contribution in [3.8, 4) is 5.75 Å². The van der Waals surface area contributed by atoms with E-state index in [1.807, 2.05) is 31.2 Å². The van der Waals surface area contributed by atoms with Gasteiger partial charge >= 0.3 is 0 Å². The Hall–Kier alpha value is -1.81. The molecule has 2 nitrogen and oxygen atoms in total. The van der Waals surface area contributed by atoms with E-state index < -0.39 is 0 Å². The molecule has 0 aliphatic heterocycles. The summed E-state index contributed by atoms with van der Waals surface area (Å²) in [4.78, 5) is 0.557. The van der Waals surface area contributed by atoms with Gasteiger partial charge in [0.25, 0.3) is 0 Å². The SMILES string of the molecule is Cc1c(O)ccc2cc(C(=S)Nc3cc(Cl)ccc3Cl)ccc12. The predicted octanol–water partition coefficient (Wildman–Crippen LogP) is 5.95. The third-order valence-corrected chi connectivity index (χ3v) is 4.60. The van der Waals surface area contributed by atoms with Gasteiger partial charge in [-0.15, -0.1) is 0 Å². The Morgan fingerprint density at radius 1 is 1.04 bits per heavy atom. The van der Waals surface area contributed by atoms with Crippen molar-refractivity contribution in [1.82, 2.24) is 0 Å². The first-order valence-electron chi connectivity index (χ1n) is 6.94. The van der Waals surface area contributed by atoms with E-state index in [4.69, 9.17) is 35.4 Å². The average Bonchev–Trinajstić information content (AvgIpc) is 2.54. The van der Waals surface area contributed by atoms with E-state index in [1.54, 1.807) is 24.3 Å². The molecule has 3 aromatic carbocycles. The number of nitrogens with one attached hydrogen (secondary N) is 1. The molecule has 0 fully saturated rings. The smallest absolute Gasteiger partial charge is 0.119 e. The van der Waals surface area contributed by atoms with Gasteiger partial charge in [0.05, 0.1) is 10.7 Å². The highest BCUT2D eigenvalue weighted by Crippen LogP contribution is 2.29. The lowest BCUT2D eigenvalue weighted by Crippen LogP contribution is -2.10. The van der Waals surface area contributed by atoms with Gasteiger partial charge in [-0.25, -0.2) is 0 Å². The summed E-state index contributed by atoms with van der Waals surface area (Å²) < 4.78 is 0. The summed E-state index contributed by atoms with van der Waals surface area (Å²) in [6.45, 7) is 1.89. The lowest BCUT2D eigenvalue weighted by atomic mass is 10.0. The van der Waals surface area contributed by atoms with Crippen LogP contribution in [0.25, 0.3) is 10.8 Å². The fourth-order valence-electron chi connectivity index (χ4n) is 2.40. The molecule has 23 heavy (non-hydrogen) atoms. The third-order valence-electron chi connectivity index (χ3n) is 3.70. The van der Waals surface area contributed by atoms with E-state index in [1.165, 1.54) is 0 Å². The minimum absolute atomic E-state index is 0.289. The molecule has 0 aliphatic rings. The van der Waals surface area contributed by atoms with E-state index in [9.17, 15) is 5.11 Å². The van der Waals surface area contributed by atoms with Gasteiger partial charge < -0.3 is 10.4 Å². The molecule has 0 spiro atoms. The summed E-state index contributed by atoms with van der Waals surface area (Å²) in [6.07, 6.45) is 0. The van der Waals surface area contributed by atoms with E-state index in [0.717, 1.165) is 21.9 Å². The summed E-state index contributed by atoms with van der Waals surface area (Å²) in [5.41, 5.74) is 2.39. The minimum atomic E-state index is 0.289. The number of halogens is 2. The van der Waals surface area contributed by atoms with Crippen molar-refractivity contribution in [2.75, 3.05) is 5.32 Å². The second-order valence-corrected chi connectivity index (χ2v) is 6.48. The highest BCUT2D eigenvalue weighted by molar-refractivity contribution is 7.81. The van der Waals surface area contributed by atoms with Crippen LogP contribution in [0.2, 0.25) is 10.0 Å². The lowest BCUT2D eigenvalue weighted by molar-refractivity contribution is 0.472. The molecule has 0 amide bonds. The van der Waals surface area contributed by atoms with Crippen molar-refractivity contribution < 1.29 is 5.11 Å². The Balaban J connectivity index is 1.95. The number of phenolic OH excluding ortho intramolecular Hbond substituents is 1. The van der Waals surface area contributed by atoms with Gasteiger partial charge in [-0.3, -0.25) is 0 Å². The number of phenols is 1. The van der Waals surface area contributed by atoms with Crippen molar-refractivity contribution in [2.45, 2.75) is 6.92 Å². The Morgan fingerprint density at radius 3 is 2.61 bits per heavy atom. The topological polar surface area (TPSA) is 32.3 Å². The number of anilines is 1. The van der Waals surface area contributed by atoms with Gasteiger partial charge in [0, 0.05) is 10.6 Å². The molecule has 0 bridgehead atoms. The van der Waals surface area contributed by atoms with Crippen LogP contribution in [-0.2, 0) is 0 Å². The number of rotatable bonds is 2. The van der Waals surface area contributed by atoms with E-state index in [2.05, 4.69) is 5.32 Å². The molecule has 0 aromatic heterocycles. The van der Waals surface area contributed by atoms with E-state index >= 15 is 0 Å². The number of aromatic hydroxyl groups is 1. The molecule has 5 heteroatoms. The maximum Gasteiger partial charge on any atom is 0.119 e. The van der Waals surface area contributed by atoms with Gasteiger partial charge in [-0.1, -0.05) is 53.6 Å². The highest BCUT2D eigenvalue weighted by Gasteiger charge is 2.08. The van der Waals surface area contributed by atoms with Gasteiger partial charge in [0.1, 0.15) is 10.7 Å². The lowest BCUT2D eigenvalue weighted by Gasteiger charge is -2.12. The van der Waals surface area contributed by atoms with Crippen LogP contribution in [0.1, 0.15) is 11.1 Å². The zero-order chi connectivity index (χ0) is 16.6. The van der Waals surface area contributed by atoms with Crippen molar-refractivity contribution in [3.63, 3.8) is 0 Å². The number of aryl methyl sites for hydroxylation is 1. The Morgan fingerprint density at radius 2 is 1.83 bits per heavy atom. The molecule has 0 saturated heterocycles. The summed E-state index contributed by atoms with van der Waals surface area (Å²) >= 11 is 17.6. The maximum atomic E-state index is 9.78. The number of benzene rings is 3. The number of hydrogen-bond donors (Lipinski definition) is 2.